The SMILES string of the molecule is CC1SCCN(C(=O)c2ccc(Br)cc2S)C1C. The predicted octanol–water partition coefficient (Wildman–Crippen LogP) is 3.70. The number of rotatable bonds is 1. The van der Waals surface area contributed by atoms with Gasteiger partial charge in [-0.25, -0.2) is 0 Å². The van der Waals surface area contributed by atoms with Gasteiger partial charge in [-0.2, -0.15) is 11.8 Å². The molecule has 2 nitrogen and oxygen atoms in total. The lowest BCUT2D eigenvalue weighted by Gasteiger charge is -2.37. The van der Waals surface area contributed by atoms with Crippen LogP contribution in [0.1, 0.15) is 24.2 Å². The Morgan fingerprint density at radius 3 is 2.89 bits per heavy atom. The van der Waals surface area contributed by atoms with Crippen LogP contribution in [-0.4, -0.2) is 34.4 Å². The minimum Gasteiger partial charge on any atom is -0.334 e. The number of carbonyl (C=O) groups excluding carboxylic acids is 1. The van der Waals surface area contributed by atoms with Crippen LogP contribution in [0.15, 0.2) is 27.6 Å². The summed E-state index contributed by atoms with van der Waals surface area (Å²) in [7, 11) is 0. The van der Waals surface area contributed by atoms with Gasteiger partial charge in [0.2, 0.25) is 0 Å². The maximum Gasteiger partial charge on any atom is 0.255 e. The molecule has 98 valence electrons. The van der Waals surface area contributed by atoms with E-state index in [0.29, 0.717) is 10.8 Å². The van der Waals surface area contributed by atoms with Gasteiger partial charge in [-0.05, 0) is 25.1 Å². The van der Waals surface area contributed by atoms with Gasteiger partial charge in [0.15, 0.2) is 0 Å². The highest BCUT2D eigenvalue weighted by Gasteiger charge is 2.30. The fraction of sp³-hybridized carbons (Fsp3) is 0.462. The van der Waals surface area contributed by atoms with E-state index in [9.17, 15) is 4.79 Å². The van der Waals surface area contributed by atoms with Crippen molar-refractivity contribution in [3.63, 3.8) is 0 Å². The predicted molar refractivity (Wildman–Crippen MR) is 83.8 cm³/mol. The fourth-order valence-electron chi connectivity index (χ4n) is 2.06. The second kappa shape index (κ2) is 5.88. The Morgan fingerprint density at radius 2 is 2.22 bits per heavy atom. The lowest BCUT2D eigenvalue weighted by molar-refractivity contribution is 0.0694. The molecule has 18 heavy (non-hydrogen) atoms. The summed E-state index contributed by atoms with van der Waals surface area (Å²) < 4.78 is 0.944. The minimum atomic E-state index is 0.0900. The van der Waals surface area contributed by atoms with Gasteiger partial charge in [0.05, 0.1) is 5.56 Å². The lowest BCUT2D eigenvalue weighted by atomic mass is 10.1. The van der Waals surface area contributed by atoms with Crippen molar-refractivity contribution in [3.8, 4) is 0 Å². The summed E-state index contributed by atoms with van der Waals surface area (Å²) in [6.45, 7) is 5.11. The largest absolute Gasteiger partial charge is 0.334 e. The Hall–Kier alpha value is -0.130. The monoisotopic (exact) mass is 345 g/mol. The van der Waals surface area contributed by atoms with Crippen molar-refractivity contribution in [1.29, 1.82) is 0 Å². The van der Waals surface area contributed by atoms with Gasteiger partial charge in [-0.1, -0.05) is 22.9 Å². The third kappa shape index (κ3) is 2.89. The second-order valence-corrected chi connectivity index (χ2v) is 7.36. The smallest absolute Gasteiger partial charge is 0.255 e. The van der Waals surface area contributed by atoms with Gasteiger partial charge in [0.1, 0.15) is 0 Å². The summed E-state index contributed by atoms with van der Waals surface area (Å²) in [6.07, 6.45) is 0. The zero-order valence-corrected chi connectivity index (χ0v) is 13.7. The summed E-state index contributed by atoms with van der Waals surface area (Å²) in [5.74, 6) is 1.10. The first-order valence-electron chi connectivity index (χ1n) is 5.92. The maximum atomic E-state index is 12.5. The van der Waals surface area contributed by atoms with Crippen molar-refractivity contribution in [2.45, 2.75) is 30.0 Å². The van der Waals surface area contributed by atoms with Gasteiger partial charge >= 0.3 is 0 Å². The Kier molecular flexibility index (Phi) is 4.67. The van der Waals surface area contributed by atoms with E-state index in [1.807, 2.05) is 34.9 Å². The van der Waals surface area contributed by atoms with E-state index in [1.165, 1.54) is 0 Å². The summed E-state index contributed by atoms with van der Waals surface area (Å²) in [6, 6.07) is 5.86. The molecule has 1 amide bonds. The summed E-state index contributed by atoms with van der Waals surface area (Å²) >= 11 is 9.71. The van der Waals surface area contributed by atoms with Crippen molar-refractivity contribution < 1.29 is 4.79 Å². The molecule has 0 N–H and O–H groups in total. The van der Waals surface area contributed by atoms with Gasteiger partial charge in [-0.3, -0.25) is 4.79 Å². The molecule has 1 heterocycles. The third-order valence-electron chi connectivity index (χ3n) is 3.33. The molecule has 0 radical (unpaired) electrons. The molecule has 2 atom stereocenters. The van der Waals surface area contributed by atoms with E-state index in [1.54, 1.807) is 0 Å². The van der Waals surface area contributed by atoms with Crippen LogP contribution in [0, 0.1) is 0 Å². The lowest BCUT2D eigenvalue weighted by Crippen LogP contribution is -2.48. The number of hydrogen-bond acceptors (Lipinski definition) is 3. The van der Waals surface area contributed by atoms with Gasteiger partial charge in [-0.15, -0.1) is 12.6 Å². The average molecular weight is 346 g/mol. The number of thiol groups is 1. The number of halogens is 1. The van der Waals surface area contributed by atoms with E-state index in [-0.39, 0.29) is 11.9 Å². The Labute approximate surface area is 126 Å². The first-order chi connectivity index (χ1) is 8.50. The normalized spacial score (nSPS) is 24.1. The molecule has 2 unspecified atom stereocenters. The molecule has 0 aromatic heterocycles. The molecule has 1 fully saturated rings. The summed E-state index contributed by atoms with van der Waals surface area (Å²) in [5, 5.41) is 0.488. The highest BCUT2D eigenvalue weighted by atomic mass is 79.9. The summed E-state index contributed by atoms with van der Waals surface area (Å²) in [4.78, 5) is 15.2. The van der Waals surface area contributed by atoms with Gasteiger partial charge in [0, 0.05) is 33.0 Å². The van der Waals surface area contributed by atoms with Crippen LogP contribution < -0.4 is 0 Å². The number of amides is 1. The van der Waals surface area contributed by atoms with Crippen molar-refractivity contribution in [3.05, 3.63) is 28.2 Å². The molecular weight excluding hydrogens is 330 g/mol. The molecular formula is C13H16BrNOS2. The number of benzene rings is 1. The van der Waals surface area contributed by atoms with Crippen LogP contribution in [0.4, 0.5) is 0 Å². The van der Waals surface area contributed by atoms with Crippen molar-refractivity contribution in [2.24, 2.45) is 0 Å². The molecule has 2 rings (SSSR count). The quantitative estimate of drug-likeness (QED) is 0.783. The van der Waals surface area contributed by atoms with E-state index in [0.717, 1.165) is 21.7 Å². The molecule has 0 saturated carbocycles. The van der Waals surface area contributed by atoms with E-state index in [4.69, 9.17) is 0 Å². The van der Waals surface area contributed by atoms with Crippen LogP contribution >= 0.6 is 40.3 Å². The Balaban J connectivity index is 2.25. The molecule has 0 bridgehead atoms. The van der Waals surface area contributed by atoms with Crippen molar-refractivity contribution in [1.82, 2.24) is 4.90 Å². The molecule has 5 heteroatoms. The van der Waals surface area contributed by atoms with E-state index >= 15 is 0 Å². The Morgan fingerprint density at radius 1 is 1.50 bits per heavy atom. The second-order valence-electron chi connectivity index (χ2n) is 4.48. The average Bonchev–Trinajstić information content (AvgIpc) is 2.32. The summed E-state index contributed by atoms with van der Waals surface area (Å²) in [5.41, 5.74) is 0.687. The minimum absolute atomic E-state index is 0.0900. The number of hydrogen-bond donors (Lipinski definition) is 1. The first kappa shape index (κ1) is 14.3. The highest BCUT2D eigenvalue weighted by Crippen LogP contribution is 2.28. The van der Waals surface area contributed by atoms with Gasteiger partial charge in [0.25, 0.3) is 5.91 Å². The number of nitrogens with zero attached hydrogens (tertiary/aromatic N) is 1. The number of thioether (sulfide) groups is 1. The van der Waals surface area contributed by atoms with Crippen molar-refractivity contribution >= 4 is 46.2 Å². The third-order valence-corrected chi connectivity index (χ3v) is 5.54. The van der Waals surface area contributed by atoms with Crippen LogP contribution in [0.3, 0.4) is 0 Å². The maximum absolute atomic E-state index is 12.5. The molecule has 0 spiro atoms. The van der Waals surface area contributed by atoms with Crippen LogP contribution in [0.2, 0.25) is 0 Å². The highest BCUT2D eigenvalue weighted by molar-refractivity contribution is 9.10. The van der Waals surface area contributed by atoms with Crippen LogP contribution in [-0.2, 0) is 0 Å². The van der Waals surface area contributed by atoms with Crippen LogP contribution in [0.25, 0.3) is 0 Å². The molecule has 0 aliphatic carbocycles. The van der Waals surface area contributed by atoms with Crippen LogP contribution in [0.5, 0.6) is 0 Å². The van der Waals surface area contributed by atoms with Crippen molar-refractivity contribution in [2.75, 3.05) is 12.3 Å². The zero-order chi connectivity index (χ0) is 13.3. The molecule has 1 aliphatic rings. The molecule has 1 aliphatic heterocycles. The molecule has 1 aromatic carbocycles. The zero-order valence-electron chi connectivity index (χ0n) is 10.4. The Bertz CT molecular complexity index is 466. The first-order valence-corrected chi connectivity index (χ1v) is 8.20. The van der Waals surface area contributed by atoms with Gasteiger partial charge < -0.3 is 4.90 Å². The molecule has 1 aromatic rings. The van der Waals surface area contributed by atoms with E-state index < -0.39 is 0 Å². The number of carbonyl (C=O) groups is 1. The fourth-order valence-corrected chi connectivity index (χ4v) is 4.01. The topological polar surface area (TPSA) is 20.3 Å². The molecule has 1 saturated heterocycles. The standard InChI is InChI=1S/C13H16BrNOS2/c1-8-9(2)18-6-5-15(8)13(16)11-4-3-10(14)7-12(11)17/h3-4,7-9,17H,5-6H2,1-2H3. The van der Waals surface area contributed by atoms with E-state index in [2.05, 4.69) is 42.4 Å².